The van der Waals surface area contributed by atoms with Crippen LogP contribution >= 0.6 is 0 Å². The van der Waals surface area contributed by atoms with E-state index in [1.807, 2.05) is 4.90 Å². The topological polar surface area (TPSA) is 58.1 Å². The number of carbonyl (C=O) groups is 1. The lowest BCUT2D eigenvalue weighted by atomic mass is 10.2. The second-order valence-electron chi connectivity index (χ2n) is 5.10. The van der Waals surface area contributed by atoms with Crippen molar-refractivity contribution in [2.45, 2.75) is 39.3 Å². The number of hydrogen-bond donors (Lipinski definition) is 1. The summed E-state index contributed by atoms with van der Waals surface area (Å²) in [7, 11) is 0. The first-order valence-electron chi connectivity index (χ1n) is 6.73. The third kappa shape index (κ3) is 4.05. The van der Waals surface area contributed by atoms with E-state index < -0.39 is 18.5 Å². The molecule has 1 aromatic heterocycles. The molecule has 2 rings (SSSR count). The van der Waals surface area contributed by atoms with Crippen molar-refractivity contribution >= 4 is 17.5 Å². The fourth-order valence-electron chi connectivity index (χ4n) is 2.30. The van der Waals surface area contributed by atoms with Gasteiger partial charge in [-0.3, -0.25) is 4.79 Å². The number of aryl methyl sites for hydroxylation is 2. The molecule has 1 N–H and O–H groups in total. The first-order chi connectivity index (χ1) is 9.76. The minimum absolute atomic E-state index is 0.257. The van der Waals surface area contributed by atoms with Crippen molar-refractivity contribution in [1.82, 2.24) is 9.97 Å². The number of nitrogens with zero attached hydrogens (tertiary/aromatic N) is 3. The minimum atomic E-state index is -4.53. The lowest BCUT2D eigenvalue weighted by Crippen LogP contribution is -2.24. The van der Waals surface area contributed by atoms with Gasteiger partial charge in [0.05, 0.1) is 17.1 Å². The quantitative estimate of drug-likeness (QED) is 0.932. The van der Waals surface area contributed by atoms with Crippen LogP contribution in [-0.2, 0) is 4.79 Å². The Hall–Kier alpha value is -1.86. The summed E-state index contributed by atoms with van der Waals surface area (Å²) in [6, 6.07) is 0. The SMILES string of the molecule is Cc1nc(N2CCCC2)nc(C)c1NC(=O)CC(F)(F)F. The molecule has 1 amide bonds. The van der Waals surface area contributed by atoms with E-state index in [1.165, 1.54) is 0 Å². The van der Waals surface area contributed by atoms with Crippen LogP contribution in [0.5, 0.6) is 0 Å². The van der Waals surface area contributed by atoms with Gasteiger partial charge < -0.3 is 10.2 Å². The normalized spacial score (nSPS) is 15.4. The molecule has 0 radical (unpaired) electrons. The van der Waals surface area contributed by atoms with Crippen LogP contribution in [0.15, 0.2) is 0 Å². The molecule has 1 aromatic rings. The standard InChI is InChI=1S/C13H17F3N4O/c1-8-11(19-10(21)7-13(14,15)16)9(2)18-12(17-8)20-5-3-4-6-20/h3-7H2,1-2H3,(H,19,21). The molecule has 21 heavy (non-hydrogen) atoms. The summed E-state index contributed by atoms with van der Waals surface area (Å²) >= 11 is 0. The second-order valence-corrected chi connectivity index (χ2v) is 5.10. The summed E-state index contributed by atoms with van der Waals surface area (Å²) in [6.07, 6.45) is -3.89. The fourth-order valence-corrected chi connectivity index (χ4v) is 2.30. The molecule has 0 spiro atoms. The van der Waals surface area contributed by atoms with E-state index in [9.17, 15) is 18.0 Å². The fraction of sp³-hybridized carbons (Fsp3) is 0.615. The van der Waals surface area contributed by atoms with Crippen LogP contribution in [-0.4, -0.2) is 35.1 Å². The Kier molecular flexibility index (Phi) is 4.34. The van der Waals surface area contributed by atoms with E-state index in [4.69, 9.17) is 0 Å². The van der Waals surface area contributed by atoms with Crippen molar-refractivity contribution in [3.05, 3.63) is 11.4 Å². The van der Waals surface area contributed by atoms with Crippen LogP contribution in [0.2, 0.25) is 0 Å². The van der Waals surface area contributed by atoms with Gasteiger partial charge in [-0.25, -0.2) is 9.97 Å². The average Bonchev–Trinajstić information content (AvgIpc) is 2.85. The largest absolute Gasteiger partial charge is 0.397 e. The maximum atomic E-state index is 12.2. The molecule has 2 heterocycles. The first kappa shape index (κ1) is 15.5. The smallest absolute Gasteiger partial charge is 0.341 e. The molecule has 0 aromatic carbocycles. The third-order valence-electron chi connectivity index (χ3n) is 3.27. The van der Waals surface area contributed by atoms with Crippen LogP contribution in [0.1, 0.15) is 30.7 Å². The van der Waals surface area contributed by atoms with Gasteiger partial charge in [-0.2, -0.15) is 13.2 Å². The van der Waals surface area contributed by atoms with Crippen LogP contribution in [0, 0.1) is 13.8 Å². The van der Waals surface area contributed by atoms with Gasteiger partial charge in [0.1, 0.15) is 6.42 Å². The highest BCUT2D eigenvalue weighted by Gasteiger charge is 2.31. The molecule has 0 atom stereocenters. The number of alkyl halides is 3. The number of anilines is 2. The van der Waals surface area contributed by atoms with Gasteiger partial charge in [0.15, 0.2) is 0 Å². The second kappa shape index (κ2) is 5.87. The average molecular weight is 302 g/mol. The Bertz CT molecular complexity index is 516. The van der Waals surface area contributed by atoms with Crippen LogP contribution in [0.3, 0.4) is 0 Å². The van der Waals surface area contributed by atoms with Crippen molar-refractivity contribution in [2.75, 3.05) is 23.3 Å². The summed E-state index contributed by atoms with van der Waals surface area (Å²) in [5, 5.41) is 2.25. The molecule has 0 unspecified atom stereocenters. The van der Waals surface area contributed by atoms with E-state index in [0.29, 0.717) is 17.3 Å². The van der Waals surface area contributed by atoms with Crippen LogP contribution < -0.4 is 10.2 Å². The molecule has 0 aliphatic carbocycles. The van der Waals surface area contributed by atoms with Crippen LogP contribution in [0.25, 0.3) is 0 Å². The zero-order valence-corrected chi connectivity index (χ0v) is 11.9. The van der Waals surface area contributed by atoms with Gasteiger partial charge in [-0.05, 0) is 26.7 Å². The number of hydrogen-bond acceptors (Lipinski definition) is 4. The van der Waals surface area contributed by atoms with Crippen molar-refractivity contribution < 1.29 is 18.0 Å². The predicted molar refractivity (Wildman–Crippen MR) is 72.3 cm³/mol. The summed E-state index contributed by atoms with van der Waals surface area (Å²) in [6.45, 7) is 5.05. The Morgan fingerprint density at radius 2 is 1.71 bits per heavy atom. The molecule has 1 saturated heterocycles. The van der Waals surface area contributed by atoms with Gasteiger partial charge in [-0.1, -0.05) is 0 Å². The van der Waals surface area contributed by atoms with Crippen LogP contribution in [0.4, 0.5) is 24.8 Å². The van der Waals surface area contributed by atoms with E-state index in [-0.39, 0.29) is 5.69 Å². The van der Waals surface area contributed by atoms with E-state index in [1.54, 1.807) is 13.8 Å². The Balaban J connectivity index is 2.15. The number of nitrogens with one attached hydrogen (secondary N) is 1. The lowest BCUT2D eigenvalue weighted by Gasteiger charge is -2.18. The number of aromatic nitrogens is 2. The molecule has 1 aliphatic rings. The zero-order chi connectivity index (χ0) is 15.6. The highest BCUT2D eigenvalue weighted by atomic mass is 19.4. The van der Waals surface area contributed by atoms with Gasteiger partial charge >= 0.3 is 6.18 Å². The molecule has 8 heteroatoms. The van der Waals surface area contributed by atoms with Gasteiger partial charge in [0.2, 0.25) is 11.9 Å². The van der Waals surface area contributed by atoms with E-state index in [0.717, 1.165) is 25.9 Å². The number of carbonyl (C=O) groups excluding carboxylic acids is 1. The summed E-state index contributed by atoms with van der Waals surface area (Å²) in [5.41, 5.74) is 1.20. The summed E-state index contributed by atoms with van der Waals surface area (Å²) in [5.74, 6) is -0.539. The summed E-state index contributed by atoms with van der Waals surface area (Å²) in [4.78, 5) is 22.0. The molecule has 0 bridgehead atoms. The Labute approximate surface area is 120 Å². The molecule has 116 valence electrons. The van der Waals surface area contributed by atoms with E-state index in [2.05, 4.69) is 15.3 Å². The molecular formula is C13H17F3N4O. The third-order valence-corrected chi connectivity index (χ3v) is 3.27. The molecule has 1 fully saturated rings. The molecular weight excluding hydrogens is 285 g/mol. The molecule has 5 nitrogen and oxygen atoms in total. The summed E-state index contributed by atoms with van der Waals surface area (Å²) < 4.78 is 36.5. The Morgan fingerprint density at radius 1 is 1.19 bits per heavy atom. The highest BCUT2D eigenvalue weighted by Crippen LogP contribution is 2.25. The van der Waals surface area contributed by atoms with E-state index >= 15 is 0 Å². The van der Waals surface area contributed by atoms with Crippen molar-refractivity contribution in [3.8, 4) is 0 Å². The number of halogens is 3. The van der Waals surface area contributed by atoms with Crippen molar-refractivity contribution in [1.29, 1.82) is 0 Å². The van der Waals surface area contributed by atoms with Gasteiger partial charge in [-0.15, -0.1) is 0 Å². The highest BCUT2D eigenvalue weighted by molar-refractivity contribution is 5.92. The minimum Gasteiger partial charge on any atom is -0.341 e. The van der Waals surface area contributed by atoms with Crippen molar-refractivity contribution in [3.63, 3.8) is 0 Å². The maximum Gasteiger partial charge on any atom is 0.397 e. The predicted octanol–water partition coefficient (Wildman–Crippen LogP) is 2.58. The maximum absolute atomic E-state index is 12.2. The lowest BCUT2D eigenvalue weighted by molar-refractivity contribution is -0.150. The Morgan fingerprint density at radius 3 is 2.19 bits per heavy atom. The van der Waals surface area contributed by atoms with Gasteiger partial charge in [0.25, 0.3) is 0 Å². The zero-order valence-electron chi connectivity index (χ0n) is 11.9. The molecule has 0 saturated carbocycles. The van der Waals surface area contributed by atoms with Crippen molar-refractivity contribution in [2.24, 2.45) is 0 Å². The van der Waals surface area contributed by atoms with Gasteiger partial charge in [0, 0.05) is 13.1 Å². The number of amides is 1. The molecule has 1 aliphatic heterocycles. The first-order valence-corrected chi connectivity index (χ1v) is 6.73. The monoisotopic (exact) mass is 302 g/mol. The number of rotatable bonds is 3.